The fourth-order valence-corrected chi connectivity index (χ4v) is 3.11. The highest BCUT2D eigenvalue weighted by Gasteiger charge is 2.47. The number of hydrogen-bond donors (Lipinski definition) is 3. The highest BCUT2D eigenvalue weighted by atomic mass is 16.2. The van der Waals surface area contributed by atoms with Crippen molar-refractivity contribution in [3.8, 4) is 0 Å². The van der Waals surface area contributed by atoms with Gasteiger partial charge in [-0.05, 0) is 30.5 Å². The highest BCUT2D eigenvalue weighted by Crippen LogP contribution is 2.31. The number of hydrogen-bond acceptors (Lipinski definition) is 3. The molecule has 0 bridgehead atoms. The number of rotatable bonds is 2. The Morgan fingerprint density at radius 3 is 2.45 bits per heavy atom. The molecule has 2 amide bonds. The van der Waals surface area contributed by atoms with Crippen molar-refractivity contribution in [2.75, 3.05) is 5.73 Å². The van der Waals surface area contributed by atoms with E-state index in [2.05, 4.69) is 10.6 Å². The second-order valence-electron chi connectivity index (χ2n) is 5.75. The van der Waals surface area contributed by atoms with Gasteiger partial charge in [0.1, 0.15) is 11.6 Å². The Morgan fingerprint density at radius 1 is 1.15 bits per heavy atom. The predicted octanol–water partition coefficient (Wildman–Crippen LogP) is 0.739. The van der Waals surface area contributed by atoms with Crippen molar-refractivity contribution >= 4 is 17.5 Å². The van der Waals surface area contributed by atoms with Crippen LogP contribution in [0.25, 0.3) is 0 Å². The third-order valence-electron chi connectivity index (χ3n) is 4.30. The molecule has 1 heterocycles. The van der Waals surface area contributed by atoms with E-state index >= 15 is 0 Å². The van der Waals surface area contributed by atoms with Crippen molar-refractivity contribution in [2.24, 2.45) is 0 Å². The summed E-state index contributed by atoms with van der Waals surface area (Å²) in [5.41, 5.74) is 6.67. The van der Waals surface area contributed by atoms with Gasteiger partial charge in [0.2, 0.25) is 11.8 Å². The van der Waals surface area contributed by atoms with E-state index in [1.807, 2.05) is 12.1 Å². The summed E-state index contributed by atoms with van der Waals surface area (Å²) in [5, 5.41) is 5.83. The predicted molar refractivity (Wildman–Crippen MR) is 75.8 cm³/mol. The first kappa shape index (κ1) is 13.0. The minimum Gasteiger partial charge on any atom is -0.399 e. The standard InChI is InChI=1S/C15H19N3O2/c16-11-5-3-10(4-6-11)9-12-13(19)18-15(14(20)17-12)7-1-2-8-15/h3-6,12H,1-2,7-9,16H2,(H,17,20)(H,18,19)/t12-/m0/s1. The number of benzene rings is 1. The zero-order chi connectivity index (χ0) is 14.2. The topological polar surface area (TPSA) is 84.2 Å². The fraction of sp³-hybridized carbons (Fsp3) is 0.467. The Morgan fingerprint density at radius 2 is 1.80 bits per heavy atom. The third kappa shape index (κ3) is 2.24. The van der Waals surface area contributed by atoms with Gasteiger partial charge in [0.25, 0.3) is 0 Å². The highest BCUT2D eigenvalue weighted by molar-refractivity contribution is 6.00. The molecule has 1 spiro atoms. The van der Waals surface area contributed by atoms with Crippen LogP contribution in [0.3, 0.4) is 0 Å². The zero-order valence-electron chi connectivity index (χ0n) is 11.3. The average Bonchev–Trinajstić information content (AvgIpc) is 2.88. The van der Waals surface area contributed by atoms with Crippen LogP contribution in [0.4, 0.5) is 5.69 Å². The van der Waals surface area contributed by atoms with Gasteiger partial charge in [-0.25, -0.2) is 0 Å². The fourth-order valence-electron chi connectivity index (χ4n) is 3.11. The van der Waals surface area contributed by atoms with Crippen LogP contribution in [0.5, 0.6) is 0 Å². The molecular weight excluding hydrogens is 254 g/mol. The van der Waals surface area contributed by atoms with E-state index in [-0.39, 0.29) is 11.8 Å². The van der Waals surface area contributed by atoms with Crippen molar-refractivity contribution in [3.05, 3.63) is 29.8 Å². The molecular formula is C15H19N3O2. The summed E-state index contributed by atoms with van der Waals surface area (Å²) >= 11 is 0. The summed E-state index contributed by atoms with van der Waals surface area (Å²) in [5.74, 6) is -0.113. The van der Waals surface area contributed by atoms with Crippen LogP contribution in [0.15, 0.2) is 24.3 Å². The molecule has 1 saturated carbocycles. The van der Waals surface area contributed by atoms with E-state index in [0.717, 1.165) is 31.2 Å². The zero-order valence-corrected chi connectivity index (χ0v) is 11.3. The summed E-state index contributed by atoms with van der Waals surface area (Å²) < 4.78 is 0. The Kier molecular flexibility index (Phi) is 3.12. The van der Waals surface area contributed by atoms with Gasteiger partial charge in [0.15, 0.2) is 0 Å². The van der Waals surface area contributed by atoms with Crippen LogP contribution in [-0.2, 0) is 16.0 Å². The van der Waals surface area contributed by atoms with Crippen LogP contribution >= 0.6 is 0 Å². The van der Waals surface area contributed by atoms with E-state index in [9.17, 15) is 9.59 Å². The van der Waals surface area contributed by atoms with E-state index in [4.69, 9.17) is 5.73 Å². The van der Waals surface area contributed by atoms with Crippen molar-refractivity contribution in [1.29, 1.82) is 0 Å². The molecule has 106 valence electrons. The SMILES string of the molecule is Nc1ccc(C[C@@H]2NC(=O)C3(CCCC3)NC2=O)cc1. The molecule has 1 aliphatic heterocycles. The number of piperazine rings is 1. The lowest BCUT2D eigenvalue weighted by Gasteiger charge is -2.37. The van der Waals surface area contributed by atoms with Gasteiger partial charge in [-0.3, -0.25) is 9.59 Å². The molecule has 5 heteroatoms. The molecule has 5 nitrogen and oxygen atoms in total. The van der Waals surface area contributed by atoms with Crippen molar-refractivity contribution in [3.63, 3.8) is 0 Å². The smallest absolute Gasteiger partial charge is 0.246 e. The number of anilines is 1. The maximum atomic E-state index is 12.3. The minimum atomic E-state index is -0.644. The van der Waals surface area contributed by atoms with Crippen molar-refractivity contribution in [1.82, 2.24) is 10.6 Å². The van der Waals surface area contributed by atoms with E-state index in [1.165, 1.54) is 0 Å². The molecule has 1 atom stereocenters. The number of amides is 2. The van der Waals surface area contributed by atoms with Gasteiger partial charge >= 0.3 is 0 Å². The average molecular weight is 273 g/mol. The van der Waals surface area contributed by atoms with E-state index < -0.39 is 11.6 Å². The number of nitrogen functional groups attached to an aromatic ring is 1. The first-order valence-electron chi connectivity index (χ1n) is 7.06. The van der Waals surface area contributed by atoms with Gasteiger partial charge in [-0.2, -0.15) is 0 Å². The maximum Gasteiger partial charge on any atom is 0.246 e. The summed E-state index contributed by atoms with van der Waals surface area (Å²) in [6.07, 6.45) is 3.99. The first-order valence-corrected chi connectivity index (χ1v) is 7.06. The Labute approximate surface area is 117 Å². The van der Waals surface area contributed by atoms with Crippen molar-refractivity contribution in [2.45, 2.75) is 43.7 Å². The molecule has 0 aromatic heterocycles. The van der Waals surface area contributed by atoms with Gasteiger partial charge in [-0.1, -0.05) is 25.0 Å². The Bertz CT molecular complexity index is 533. The second-order valence-corrected chi connectivity index (χ2v) is 5.75. The quantitative estimate of drug-likeness (QED) is 0.695. The molecule has 1 aromatic rings. The lowest BCUT2D eigenvalue weighted by atomic mass is 9.91. The largest absolute Gasteiger partial charge is 0.399 e. The lowest BCUT2D eigenvalue weighted by Crippen LogP contribution is -2.68. The van der Waals surface area contributed by atoms with Crippen LogP contribution in [0, 0.1) is 0 Å². The second kappa shape index (κ2) is 4.81. The van der Waals surface area contributed by atoms with E-state index in [1.54, 1.807) is 12.1 Å². The van der Waals surface area contributed by atoms with Gasteiger partial charge in [0.05, 0.1) is 0 Å². The molecule has 0 radical (unpaired) electrons. The number of carbonyl (C=O) groups excluding carboxylic acids is 2. The monoisotopic (exact) mass is 273 g/mol. The maximum absolute atomic E-state index is 12.3. The molecule has 1 aliphatic carbocycles. The molecule has 2 aliphatic rings. The lowest BCUT2D eigenvalue weighted by molar-refractivity contribution is -0.141. The summed E-state index contributed by atoms with van der Waals surface area (Å²) in [4.78, 5) is 24.5. The number of nitrogens with two attached hydrogens (primary N) is 1. The molecule has 2 fully saturated rings. The van der Waals surface area contributed by atoms with Gasteiger partial charge in [0, 0.05) is 12.1 Å². The molecule has 1 aromatic carbocycles. The summed E-state index contributed by atoms with van der Waals surface area (Å²) in [6, 6.07) is 6.88. The van der Waals surface area contributed by atoms with Crippen LogP contribution in [0.1, 0.15) is 31.2 Å². The van der Waals surface area contributed by atoms with Gasteiger partial charge in [-0.15, -0.1) is 0 Å². The molecule has 4 N–H and O–H groups in total. The van der Waals surface area contributed by atoms with Crippen molar-refractivity contribution < 1.29 is 9.59 Å². The molecule has 20 heavy (non-hydrogen) atoms. The van der Waals surface area contributed by atoms with Crippen LogP contribution in [0.2, 0.25) is 0 Å². The number of nitrogens with one attached hydrogen (secondary N) is 2. The summed E-state index contributed by atoms with van der Waals surface area (Å²) in [6.45, 7) is 0. The number of carbonyl (C=O) groups is 2. The molecule has 0 unspecified atom stereocenters. The normalized spacial score (nSPS) is 24.5. The van der Waals surface area contributed by atoms with E-state index in [0.29, 0.717) is 12.1 Å². The third-order valence-corrected chi connectivity index (χ3v) is 4.30. The minimum absolute atomic E-state index is 0.0324. The summed E-state index contributed by atoms with van der Waals surface area (Å²) in [7, 11) is 0. The molecule has 1 saturated heterocycles. The van der Waals surface area contributed by atoms with Crippen LogP contribution in [-0.4, -0.2) is 23.4 Å². The Hall–Kier alpha value is -2.04. The first-order chi connectivity index (χ1) is 9.59. The van der Waals surface area contributed by atoms with Gasteiger partial charge < -0.3 is 16.4 Å². The molecule has 3 rings (SSSR count). The van der Waals surface area contributed by atoms with Crippen LogP contribution < -0.4 is 16.4 Å². The Balaban J connectivity index is 1.71.